The molecular weight excluding hydrogens is 463 g/mol. The molecule has 5 rings (SSSR count). The van der Waals surface area contributed by atoms with Crippen molar-refractivity contribution in [1.82, 2.24) is 14.5 Å². The molecule has 0 spiro atoms. The highest BCUT2D eigenvalue weighted by atomic mass is 32.1. The first-order chi connectivity index (χ1) is 16.8. The maximum absolute atomic E-state index is 13.3. The fourth-order valence-electron chi connectivity index (χ4n) is 4.55. The van der Waals surface area contributed by atoms with Gasteiger partial charge in [0, 0.05) is 37.4 Å². The van der Waals surface area contributed by atoms with E-state index >= 15 is 0 Å². The van der Waals surface area contributed by atoms with Crippen LogP contribution in [0.3, 0.4) is 0 Å². The topological polar surface area (TPSA) is 61.3 Å². The van der Waals surface area contributed by atoms with Gasteiger partial charge in [0.15, 0.2) is 4.77 Å². The molecule has 0 atom stereocenters. The first kappa shape index (κ1) is 23.0. The van der Waals surface area contributed by atoms with Gasteiger partial charge < -0.3 is 14.8 Å². The Kier molecular flexibility index (Phi) is 5.98. The number of aryl methyl sites for hydroxylation is 1. The molecule has 8 heteroatoms. The zero-order chi connectivity index (χ0) is 24.7. The maximum atomic E-state index is 13.3. The van der Waals surface area contributed by atoms with Gasteiger partial charge in [-0.2, -0.15) is 0 Å². The molecule has 1 N–H and O–H groups in total. The van der Waals surface area contributed by atoms with E-state index in [-0.39, 0.29) is 22.1 Å². The van der Waals surface area contributed by atoms with Crippen molar-refractivity contribution < 1.29 is 9.18 Å². The number of H-pyrrole nitrogens is 1. The molecule has 3 aromatic carbocycles. The average Bonchev–Trinajstić information content (AvgIpc) is 2.86. The summed E-state index contributed by atoms with van der Waals surface area (Å²) < 4.78 is 15.0. The zero-order valence-corrected chi connectivity index (χ0v) is 20.4. The number of halogens is 1. The lowest BCUT2D eigenvalue weighted by atomic mass is 10.1. The second-order valence-electron chi connectivity index (χ2n) is 8.81. The Morgan fingerprint density at radius 2 is 1.69 bits per heavy atom. The van der Waals surface area contributed by atoms with E-state index in [1.807, 2.05) is 32.0 Å². The minimum Gasteiger partial charge on any atom is -0.368 e. The Bertz CT molecular complexity index is 1550. The van der Waals surface area contributed by atoms with E-state index in [2.05, 4.69) is 9.88 Å². The number of fused-ring (bicyclic) bond motifs is 1. The molecule has 6 nitrogen and oxygen atoms in total. The van der Waals surface area contributed by atoms with Crippen LogP contribution in [0.25, 0.3) is 16.6 Å². The molecule has 1 aromatic heterocycles. The van der Waals surface area contributed by atoms with E-state index in [1.165, 1.54) is 16.7 Å². The van der Waals surface area contributed by atoms with Gasteiger partial charge in [0.1, 0.15) is 5.82 Å². The molecule has 4 aromatic rings. The summed E-state index contributed by atoms with van der Waals surface area (Å²) in [5, 5.41) is 0.470. The summed E-state index contributed by atoms with van der Waals surface area (Å²) >= 11 is 5.54. The van der Waals surface area contributed by atoms with Crippen LogP contribution < -0.4 is 10.5 Å². The Hall–Kier alpha value is -3.78. The van der Waals surface area contributed by atoms with Crippen molar-refractivity contribution in [2.75, 3.05) is 31.1 Å². The molecule has 35 heavy (non-hydrogen) atoms. The van der Waals surface area contributed by atoms with E-state index in [9.17, 15) is 14.0 Å². The number of anilines is 1. The third kappa shape index (κ3) is 4.25. The van der Waals surface area contributed by atoms with E-state index in [0.717, 1.165) is 22.5 Å². The normalized spacial score (nSPS) is 13.9. The van der Waals surface area contributed by atoms with Crippen LogP contribution >= 0.6 is 12.2 Å². The summed E-state index contributed by atoms with van der Waals surface area (Å²) in [6.45, 7) is 6.39. The molecule has 1 fully saturated rings. The highest BCUT2D eigenvalue weighted by Crippen LogP contribution is 2.21. The van der Waals surface area contributed by atoms with Gasteiger partial charge in [-0.3, -0.25) is 14.2 Å². The molecular formula is C27H25FN4O2S. The maximum Gasteiger partial charge on any atom is 0.266 e. The number of aromatic nitrogens is 2. The van der Waals surface area contributed by atoms with Crippen molar-refractivity contribution in [2.24, 2.45) is 0 Å². The number of carbonyl (C=O) groups is 1. The number of hydrogen-bond acceptors (Lipinski definition) is 4. The lowest BCUT2D eigenvalue weighted by Gasteiger charge is -2.36. The van der Waals surface area contributed by atoms with Crippen LogP contribution in [-0.4, -0.2) is 46.5 Å². The molecule has 178 valence electrons. The number of rotatable bonds is 3. The van der Waals surface area contributed by atoms with Gasteiger partial charge in [-0.25, -0.2) is 4.39 Å². The quantitative estimate of drug-likeness (QED) is 0.422. The van der Waals surface area contributed by atoms with Gasteiger partial charge in [-0.05, 0) is 85.7 Å². The largest absolute Gasteiger partial charge is 0.368 e. The van der Waals surface area contributed by atoms with Gasteiger partial charge in [-0.15, -0.1) is 0 Å². The molecule has 1 saturated heterocycles. The predicted molar refractivity (Wildman–Crippen MR) is 139 cm³/mol. The van der Waals surface area contributed by atoms with Crippen LogP contribution in [-0.2, 0) is 0 Å². The first-order valence-electron chi connectivity index (χ1n) is 11.5. The highest BCUT2D eigenvalue weighted by molar-refractivity contribution is 7.71. The monoisotopic (exact) mass is 488 g/mol. The first-order valence-corrected chi connectivity index (χ1v) is 11.9. The van der Waals surface area contributed by atoms with Crippen molar-refractivity contribution in [3.05, 3.63) is 98.3 Å². The Labute approximate surface area is 207 Å². The molecule has 2 heterocycles. The molecule has 0 bridgehead atoms. The minimum absolute atomic E-state index is 0.0938. The van der Waals surface area contributed by atoms with Crippen molar-refractivity contribution in [1.29, 1.82) is 0 Å². The van der Waals surface area contributed by atoms with Gasteiger partial charge >= 0.3 is 0 Å². The van der Waals surface area contributed by atoms with Crippen molar-refractivity contribution >= 4 is 34.7 Å². The Morgan fingerprint density at radius 1 is 0.971 bits per heavy atom. The molecule has 0 unspecified atom stereocenters. The number of benzene rings is 3. The molecule has 0 aliphatic carbocycles. The summed E-state index contributed by atoms with van der Waals surface area (Å²) in [5.41, 5.74) is 4.57. The molecule has 1 amide bonds. The fourth-order valence-corrected chi connectivity index (χ4v) is 4.84. The number of piperazine rings is 1. The highest BCUT2D eigenvalue weighted by Gasteiger charge is 2.23. The summed E-state index contributed by atoms with van der Waals surface area (Å²) in [7, 11) is 0. The van der Waals surface area contributed by atoms with Gasteiger partial charge in [0.05, 0.1) is 16.6 Å². The molecule has 0 radical (unpaired) electrons. The Morgan fingerprint density at radius 3 is 2.40 bits per heavy atom. The predicted octanol–water partition coefficient (Wildman–Crippen LogP) is 4.77. The van der Waals surface area contributed by atoms with Crippen LogP contribution in [0, 0.1) is 24.4 Å². The number of carbonyl (C=O) groups excluding carboxylic acids is 1. The number of nitrogens with zero attached hydrogens (tertiary/aromatic N) is 3. The lowest BCUT2D eigenvalue weighted by molar-refractivity contribution is 0.0747. The molecule has 1 aliphatic rings. The average molecular weight is 489 g/mol. The van der Waals surface area contributed by atoms with Crippen molar-refractivity contribution in [2.45, 2.75) is 13.8 Å². The van der Waals surface area contributed by atoms with E-state index in [4.69, 9.17) is 12.2 Å². The number of amides is 1. The third-order valence-electron chi connectivity index (χ3n) is 6.72. The molecule has 0 saturated carbocycles. The van der Waals surface area contributed by atoms with Crippen LogP contribution in [0.15, 0.2) is 65.5 Å². The van der Waals surface area contributed by atoms with Crippen LogP contribution in [0.2, 0.25) is 0 Å². The van der Waals surface area contributed by atoms with Crippen LogP contribution in [0.4, 0.5) is 10.1 Å². The third-order valence-corrected chi connectivity index (χ3v) is 7.00. The standard InChI is InChI=1S/C27H25FN4O2S/c1-17-4-3-5-24(18(17)2)32-26(34)22-11-6-19(16-23(22)29-27(32)35)25(33)31-14-12-30(13-15-31)21-9-7-20(28)8-10-21/h3-11,16H,12-15H2,1-2H3,(H,29,35). The molecule has 1 aliphatic heterocycles. The summed E-state index contributed by atoms with van der Waals surface area (Å²) in [4.78, 5) is 33.6. The summed E-state index contributed by atoms with van der Waals surface area (Å²) in [5.74, 6) is -0.359. The van der Waals surface area contributed by atoms with Crippen LogP contribution in [0.5, 0.6) is 0 Å². The zero-order valence-electron chi connectivity index (χ0n) is 19.5. The summed E-state index contributed by atoms with van der Waals surface area (Å²) in [6, 6.07) is 17.3. The smallest absolute Gasteiger partial charge is 0.266 e. The lowest BCUT2D eigenvalue weighted by Crippen LogP contribution is -2.48. The second-order valence-corrected chi connectivity index (χ2v) is 9.19. The van der Waals surface area contributed by atoms with Crippen molar-refractivity contribution in [3.63, 3.8) is 0 Å². The van der Waals surface area contributed by atoms with Gasteiger partial charge in [-0.1, -0.05) is 12.1 Å². The van der Waals surface area contributed by atoms with E-state index in [0.29, 0.717) is 42.6 Å². The van der Waals surface area contributed by atoms with Crippen LogP contribution in [0.1, 0.15) is 21.5 Å². The number of nitrogens with one attached hydrogen (secondary N) is 1. The van der Waals surface area contributed by atoms with Gasteiger partial charge in [0.25, 0.3) is 11.5 Å². The van der Waals surface area contributed by atoms with E-state index in [1.54, 1.807) is 35.2 Å². The SMILES string of the molecule is Cc1cccc(-n2c(=S)[nH]c3cc(C(=O)N4CCN(c5ccc(F)cc5)CC4)ccc3c2=O)c1C. The fraction of sp³-hybridized carbons (Fsp3) is 0.222. The number of aromatic amines is 1. The Balaban J connectivity index is 1.40. The van der Waals surface area contributed by atoms with Gasteiger partial charge in [0.2, 0.25) is 0 Å². The minimum atomic E-state index is -0.265. The number of hydrogen-bond donors (Lipinski definition) is 1. The van der Waals surface area contributed by atoms with E-state index < -0.39 is 0 Å². The summed E-state index contributed by atoms with van der Waals surface area (Å²) in [6.07, 6.45) is 0. The van der Waals surface area contributed by atoms with Crippen molar-refractivity contribution in [3.8, 4) is 5.69 Å². The second kappa shape index (κ2) is 9.11.